The Kier molecular flexibility index (Phi) is 5.74. The van der Waals surface area contributed by atoms with Gasteiger partial charge in [0.15, 0.2) is 0 Å². The summed E-state index contributed by atoms with van der Waals surface area (Å²) in [6.45, 7) is 5.62. The molecule has 6 heteroatoms. The second kappa shape index (κ2) is 7.84. The molecule has 0 unspecified atom stereocenters. The van der Waals surface area contributed by atoms with E-state index in [2.05, 4.69) is 0 Å². The molecule has 6 nitrogen and oxygen atoms in total. The van der Waals surface area contributed by atoms with Crippen LogP contribution in [0.25, 0.3) is 6.08 Å². The van der Waals surface area contributed by atoms with Crippen LogP contribution >= 0.6 is 0 Å². The van der Waals surface area contributed by atoms with E-state index in [0.29, 0.717) is 36.6 Å². The molecule has 0 bridgehead atoms. The summed E-state index contributed by atoms with van der Waals surface area (Å²) in [7, 11) is 0. The Hall–Kier alpha value is -2.73. The normalized spacial score (nSPS) is 32.7. The molecular weight excluding hydrogens is 384 g/mol. The lowest BCUT2D eigenvalue weighted by molar-refractivity contribution is -0.245. The summed E-state index contributed by atoms with van der Waals surface area (Å²) >= 11 is 0. The first-order chi connectivity index (χ1) is 14.1. The number of carbonyl (C=O) groups excluding carboxylic acids is 3. The Bertz CT molecular complexity index is 897. The van der Waals surface area contributed by atoms with Crippen LogP contribution in [0.5, 0.6) is 5.75 Å². The molecule has 0 heterocycles. The summed E-state index contributed by atoms with van der Waals surface area (Å²) < 4.78 is 5.76. The second-order valence-electron chi connectivity index (χ2n) is 9.06. The van der Waals surface area contributed by atoms with E-state index in [-0.39, 0.29) is 12.2 Å². The zero-order valence-electron chi connectivity index (χ0n) is 17.5. The average molecular weight is 412 g/mol. The van der Waals surface area contributed by atoms with E-state index in [9.17, 15) is 24.6 Å². The fourth-order valence-electron chi connectivity index (χ4n) is 5.14. The number of fused-ring (bicyclic) bond motifs is 1. The van der Waals surface area contributed by atoms with Crippen LogP contribution in [0.15, 0.2) is 42.0 Å². The minimum atomic E-state index is -1.32. The molecule has 0 aliphatic heterocycles. The van der Waals surface area contributed by atoms with Crippen LogP contribution in [-0.4, -0.2) is 40.5 Å². The number of ether oxygens (including phenoxy) is 1. The molecule has 2 aliphatic rings. The van der Waals surface area contributed by atoms with Crippen LogP contribution in [0.4, 0.5) is 0 Å². The summed E-state index contributed by atoms with van der Waals surface area (Å²) in [5, 5.41) is 21.1. The quantitative estimate of drug-likeness (QED) is 0.438. The summed E-state index contributed by atoms with van der Waals surface area (Å²) in [6, 6.07) is 6.35. The number of aromatic hydroxyl groups is 1. The van der Waals surface area contributed by atoms with Gasteiger partial charge >= 0.3 is 5.97 Å². The molecule has 160 valence electrons. The van der Waals surface area contributed by atoms with Crippen molar-refractivity contribution in [1.82, 2.24) is 0 Å². The van der Waals surface area contributed by atoms with E-state index in [1.807, 2.05) is 13.8 Å². The molecule has 3 rings (SSSR count). The Morgan fingerprint density at radius 1 is 1.17 bits per heavy atom. The first-order valence-corrected chi connectivity index (χ1v) is 10.1. The molecule has 1 aromatic carbocycles. The van der Waals surface area contributed by atoms with Crippen LogP contribution in [0, 0.1) is 16.7 Å². The molecule has 30 heavy (non-hydrogen) atoms. The van der Waals surface area contributed by atoms with E-state index in [1.165, 1.54) is 18.2 Å². The first-order valence-electron chi connectivity index (χ1n) is 10.1. The van der Waals surface area contributed by atoms with Gasteiger partial charge in [-0.3, -0.25) is 4.79 Å². The van der Waals surface area contributed by atoms with Crippen molar-refractivity contribution in [3.8, 4) is 5.75 Å². The third-order valence-corrected chi connectivity index (χ3v) is 7.19. The van der Waals surface area contributed by atoms with Gasteiger partial charge in [-0.25, -0.2) is 4.79 Å². The smallest absolute Gasteiger partial charge is 0.331 e. The highest BCUT2D eigenvalue weighted by molar-refractivity contribution is 5.87. The Balaban J connectivity index is 1.91. The molecule has 1 aromatic rings. The molecule has 0 radical (unpaired) electrons. The fraction of sp³-hybridized carbons (Fsp3) is 0.458. The van der Waals surface area contributed by atoms with Gasteiger partial charge in [-0.05, 0) is 54.0 Å². The van der Waals surface area contributed by atoms with Gasteiger partial charge in [0.2, 0.25) is 0 Å². The topological polar surface area (TPSA) is 101 Å². The third kappa shape index (κ3) is 3.39. The van der Waals surface area contributed by atoms with E-state index in [1.54, 1.807) is 31.2 Å². The highest BCUT2D eigenvalue weighted by atomic mass is 16.5. The number of aliphatic hydroxyl groups is 1. The van der Waals surface area contributed by atoms with Crippen LogP contribution in [0.1, 0.15) is 45.6 Å². The number of rotatable bonds is 5. The van der Waals surface area contributed by atoms with Crippen molar-refractivity contribution in [2.75, 3.05) is 0 Å². The number of hydrogen-bond donors (Lipinski definition) is 2. The molecular formula is C24H28O6. The van der Waals surface area contributed by atoms with Gasteiger partial charge in [-0.2, -0.15) is 0 Å². The van der Waals surface area contributed by atoms with E-state index in [0.717, 1.165) is 0 Å². The number of phenols is 1. The zero-order chi connectivity index (χ0) is 22.2. The molecule has 1 fully saturated rings. The molecule has 2 aliphatic carbocycles. The minimum absolute atomic E-state index is 0.128. The van der Waals surface area contributed by atoms with Crippen LogP contribution < -0.4 is 0 Å². The number of phenolic OH excluding ortho intramolecular Hbond substituents is 1. The summed E-state index contributed by atoms with van der Waals surface area (Å²) in [5.41, 5.74) is -1.95. The summed E-state index contributed by atoms with van der Waals surface area (Å²) in [4.78, 5) is 36.2. The van der Waals surface area contributed by atoms with Gasteiger partial charge in [0.05, 0.1) is 11.5 Å². The van der Waals surface area contributed by atoms with Crippen molar-refractivity contribution in [2.45, 2.75) is 51.7 Å². The van der Waals surface area contributed by atoms with Crippen molar-refractivity contribution in [2.24, 2.45) is 16.7 Å². The van der Waals surface area contributed by atoms with Crippen molar-refractivity contribution in [3.63, 3.8) is 0 Å². The van der Waals surface area contributed by atoms with Crippen molar-refractivity contribution < 1.29 is 29.3 Å². The monoisotopic (exact) mass is 412 g/mol. The van der Waals surface area contributed by atoms with Gasteiger partial charge in [0.25, 0.3) is 0 Å². The summed E-state index contributed by atoms with van der Waals surface area (Å²) in [6.07, 6.45) is 6.37. The molecule has 0 aromatic heterocycles. The Labute approximate surface area is 176 Å². The molecule has 1 saturated carbocycles. The predicted octanol–water partition coefficient (Wildman–Crippen LogP) is 3.22. The van der Waals surface area contributed by atoms with Gasteiger partial charge in [0, 0.05) is 11.5 Å². The lowest BCUT2D eigenvalue weighted by Crippen LogP contribution is -2.69. The Morgan fingerprint density at radius 2 is 1.83 bits per heavy atom. The molecule has 0 spiro atoms. The van der Waals surface area contributed by atoms with Crippen LogP contribution in [-0.2, 0) is 19.1 Å². The van der Waals surface area contributed by atoms with Gasteiger partial charge in [-0.15, -0.1) is 0 Å². The molecule has 0 saturated heterocycles. The number of aldehydes is 2. The van der Waals surface area contributed by atoms with E-state index >= 15 is 0 Å². The molecule has 4 atom stereocenters. The molecule has 2 N–H and O–H groups in total. The maximum absolute atomic E-state index is 12.6. The highest BCUT2D eigenvalue weighted by Crippen LogP contribution is 2.62. The van der Waals surface area contributed by atoms with Crippen LogP contribution in [0.2, 0.25) is 0 Å². The number of hydrogen-bond acceptors (Lipinski definition) is 6. The predicted molar refractivity (Wildman–Crippen MR) is 111 cm³/mol. The van der Waals surface area contributed by atoms with Crippen molar-refractivity contribution in [1.29, 1.82) is 0 Å². The standard InChI is InChI=1S/C24H28O6/c1-22(2)12-11-20(30-21(28)9-6-16-4-7-18(27)8-5-16)23(3)19(15-26)17(14-25)10-13-24(22,23)29/h4-10,14-15,19-20,27,29H,11-13H2,1-3H3/b9-6+/t19-,20+,23-,24+/m0/s1. The lowest BCUT2D eigenvalue weighted by atomic mass is 9.45. The van der Waals surface area contributed by atoms with E-state index < -0.39 is 34.4 Å². The number of carbonyl (C=O) groups is 3. The van der Waals surface area contributed by atoms with E-state index in [4.69, 9.17) is 4.74 Å². The maximum Gasteiger partial charge on any atom is 0.331 e. The number of benzene rings is 1. The number of allylic oxidation sites excluding steroid dienone is 1. The average Bonchev–Trinajstić information content (AvgIpc) is 2.71. The Morgan fingerprint density at radius 3 is 2.43 bits per heavy atom. The van der Waals surface area contributed by atoms with Crippen molar-refractivity contribution >= 4 is 24.6 Å². The largest absolute Gasteiger partial charge is 0.508 e. The fourth-order valence-corrected chi connectivity index (χ4v) is 5.14. The SMILES string of the molecule is CC1(C)CC[C@@H](OC(=O)/C=C/c2ccc(O)cc2)[C@]2(C)[C@@H](C=O)C(C=O)=CC[C@@]12O. The van der Waals surface area contributed by atoms with Crippen LogP contribution in [0.3, 0.4) is 0 Å². The summed E-state index contributed by atoms with van der Waals surface area (Å²) in [5.74, 6) is -1.33. The zero-order valence-corrected chi connectivity index (χ0v) is 17.5. The van der Waals surface area contributed by atoms with Crippen molar-refractivity contribution in [3.05, 3.63) is 47.6 Å². The first kappa shape index (κ1) is 22.0. The number of esters is 1. The molecule has 0 amide bonds. The third-order valence-electron chi connectivity index (χ3n) is 7.19. The van der Waals surface area contributed by atoms with Gasteiger partial charge in [0.1, 0.15) is 24.4 Å². The second-order valence-corrected chi connectivity index (χ2v) is 9.06. The van der Waals surface area contributed by atoms with Gasteiger partial charge < -0.3 is 19.7 Å². The highest BCUT2D eigenvalue weighted by Gasteiger charge is 2.67. The lowest BCUT2D eigenvalue weighted by Gasteiger charge is -2.63. The minimum Gasteiger partial charge on any atom is -0.508 e. The maximum atomic E-state index is 12.6. The van der Waals surface area contributed by atoms with Gasteiger partial charge in [-0.1, -0.05) is 39.0 Å².